The Bertz CT molecular complexity index is 1050. The maximum atomic E-state index is 12.5. The molecule has 136 valence electrons. The van der Waals surface area contributed by atoms with Gasteiger partial charge < -0.3 is 10.1 Å². The lowest BCUT2D eigenvalue weighted by atomic mass is 10.0. The molecule has 0 aliphatic carbocycles. The standard InChI is InChI=1S/C21H18N2O4/c24-20(22-12-13-1-6-19-16(9-13)7-8-27-19)17-4-2-15-11-18(21(25)23-26)5-3-14(15)10-17/h1-6,9-11,26H,7-8,12H2,(H,22,24)(H,23,25). The summed E-state index contributed by atoms with van der Waals surface area (Å²) in [6.07, 6.45) is 0.901. The average molecular weight is 362 g/mol. The third-order valence-electron chi connectivity index (χ3n) is 4.67. The largest absolute Gasteiger partial charge is 0.493 e. The van der Waals surface area contributed by atoms with Crippen LogP contribution in [-0.2, 0) is 13.0 Å². The number of ether oxygens (including phenoxy) is 1. The number of benzene rings is 3. The van der Waals surface area contributed by atoms with Crippen LogP contribution in [0.15, 0.2) is 54.6 Å². The zero-order valence-electron chi connectivity index (χ0n) is 14.5. The molecule has 0 radical (unpaired) electrons. The number of fused-ring (bicyclic) bond motifs is 2. The molecule has 3 aromatic rings. The predicted molar refractivity (Wildman–Crippen MR) is 100 cm³/mol. The van der Waals surface area contributed by atoms with Crippen molar-refractivity contribution in [2.75, 3.05) is 6.61 Å². The number of rotatable bonds is 4. The number of hydrogen-bond acceptors (Lipinski definition) is 4. The zero-order valence-corrected chi connectivity index (χ0v) is 14.5. The first-order valence-electron chi connectivity index (χ1n) is 8.65. The normalized spacial score (nSPS) is 12.3. The molecular weight excluding hydrogens is 344 g/mol. The summed E-state index contributed by atoms with van der Waals surface area (Å²) in [5.41, 5.74) is 4.72. The van der Waals surface area contributed by atoms with E-state index >= 15 is 0 Å². The summed E-state index contributed by atoms with van der Waals surface area (Å²) in [7, 11) is 0. The Kier molecular flexibility index (Phi) is 4.48. The van der Waals surface area contributed by atoms with Crippen LogP contribution in [-0.4, -0.2) is 23.6 Å². The number of hydroxylamine groups is 1. The highest BCUT2D eigenvalue weighted by Gasteiger charge is 2.13. The minimum atomic E-state index is -0.571. The van der Waals surface area contributed by atoms with Crippen molar-refractivity contribution in [2.24, 2.45) is 0 Å². The van der Waals surface area contributed by atoms with Gasteiger partial charge in [-0.15, -0.1) is 0 Å². The molecule has 0 saturated heterocycles. The molecule has 0 atom stereocenters. The van der Waals surface area contributed by atoms with Crippen molar-refractivity contribution < 1.29 is 19.5 Å². The van der Waals surface area contributed by atoms with Crippen molar-refractivity contribution in [2.45, 2.75) is 13.0 Å². The van der Waals surface area contributed by atoms with Gasteiger partial charge in [-0.25, -0.2) is 5.48 Å². The molecule has 1 heterocycles. The molecule has 0 spiro atoms. The lowest BCUT2D eigenvalue weighted by Crippen LogP contribution is -2.22. The molecule has 0 unspecified atom stereocenters. The fourth-order valence-corrected chi connectivity index (χ4v) is 3.23. The summed E-state index contributed by atoms with van der Waals surface area (Å²) in [5, 5.41) is 13.3. The number of nitrogens with one attached hydrogen (secondary N) is 2. The van der Waals surface area contributed by atoms with E-state index < -0.39 is 5.91 Å². The van der Waals surface area contributed by atoms with Crippen LogP contribution >= 0.6 is 0 Å². The van der Waals surface area contributed by atoms with Gasteiger partial charge in [0.05, 0.1) is 6.61 Å². The van der Waals surface area contributed by atoms with E-state index in [9.17, 15) is 9.59 Å². The molecule has 0 fully saturated rings. The SMILES string of the molecule is O=C(NO)c1ccc2cc(C(=O)NCc3ccc4c(c3)CCO4)ccc2c1. The molecule has 0 saturated carbocycles. The van der Waals surface area contributed by atoms with E-state index in [4.69, 9.17) is 9.94 Å². The van der Waals surface area contributed by atoms with Crippen molar-refractivity contribution in [3.8, 4) is 5.75 Å². The van der Waals surface area contributed by atoms with Gasteiger partial charge in [0.2, 0.25) is 0 Å². The molecular formula is C21H18N2O4. The van der Waals surface area contributed by atoms with Crippen LogP contribution in [0.3, 0.4) is 0 Å². The Hall–Kier alpha value is -3.38. The molecule has 0 aromatic heterocycles. The molecule has 3 N–H and O–H groups in total. The molecule has 1 aliphatic heterocycles. The summed E-state index contributed by atoms with van der Waals surface area (Å²) >= 11 is 0. The van der Waals surface area contributed by atoms with Crippen LogP contribution in [0.25, 0.3) is 10.8 Å². The van der Waals surface area contributed by atoms with Crippen LogP contribution in [0.2, 0.25) is 0 Å². The second-order valence-electron chi connectivity index (χ2n) is 6.44. The summed E-state index contributed by atoms with van der Waals surface area (Å²) in [6.45, 7) is 1.16. The van der Waals surface area contributed by atoms with Gasteiger partial charge in [-0.3, -0.25) is 14.8 Å². The smallest absolute Gasteiger partial charge is 0.274 e. The van der Waals surface area contributed by atoms with E-state index in [1.807, 2.05) is 12.1 Å². The number of hydrogen-bond donors (Lipinski definition) is 3. The number of carbonyl (C=O) groups is 2. The van der Waals surface area contributed by atoms with E-state index in [0.717, 1.165) is 28.5 Å². The van der Waals surface area contributed by atoms with E-state index in [0.29, 0.717) is 24.3 Å². The van der Waals surface area contributed by atoms with E-state index in [-0.39, 0.29) is 5.91 Å². The minimum Gasteiger partial charge on any atom is -0.493 e. The third kappa shape index (κ3) is 3.47. The maximum absolute atomic E-state index is 12.5. The second-order valence-corrected chi connectivity index (χ2v) is 6.44. The Labute approximate surface area is 155 Å². The molecule has 0 bridgehead atoms. The fraction of sp³-hybridized carbons (Fsp3) is 0.143. The highest BCUT2D eigenvalue weighted by atomic mass is 16.5. The van der Waals surface area contributed by atoms with E-state index in [2.05, 4.69) is 11.4 Å². The van der Waals surface area contributed by atoms with E-state index in [1.165, 1.54) is 5.56 Å². The van der Waals surface area contributed by atoms with Crippen molar-refractivity contribution in [3.05, 3.63) is 76.9 Å². The fourth-order valence-electron chi connectivity index (χ4n) is 3.23. The summed E-state index contributed by atoms with van der Waals surface area (Å²) in [5.74, 6) is 0.193. The van der Waals surface area contributed by atoms with Gasteiger partial charge in [-0.1, -0.05) is 24.3 Å². The van der Waals surface area contributed by atoms with Gasteiger partial charge in [-0.05, 0) is 52.2 Å². The van der Waals surface area contributed by atoms with E-state index in [1.54, 1.807) is 41.9 Å². The third-order valence-corrected chi connectivity index (χ3v) is 4.67. The first-order chi connectivity index (χ1) is 13.1. The van der Waals surface area contributed by atoms with Gasteiger partial charge in [0.1, 0.15) is 5.75 Å². The first kappa shape index (κ1) is 17.1. The molecule has 6 heteroatoms. The Morgan fingerprint density at radius 2 is 1.63 bits per heavy atom. The van der Waals surface area contributed by atoms with Crippen molar-refractivity contribution in [3.63, 3.8) is 0 Å². The van der Waals surface area contributed by atoms with Crippen LogP contribution < -0.4 is 15.5 Å². The van der Waals surface area contributed by atoms with Gasteiger partial charge in [0, 0.05) is 24.1 Å². The Morgan fingerprint density at radius 3 is 2.33 bits per heavy atom. The summed E-state index contributed by atoms with van der Waals surface area (Å²) in [4.78, 5) is 24.0. The van der Waals surface area contributed by atoms with Crippen LogP contribution in [0, 0.1) is 0 Å². The zero-order chi connectivity index (χ0) is 18.8. The summed E-state index contributed by atoms with van der Waals surface area (Å²) in [6, 6.07) is 16.3. The Morgan fingerprint density at radius 1 is 0.926 bits per heavy atom. The lowest BCUT2D eigenvalue weighted by Gasteiger charge is -2.08. The predicted octanol–water partition coefficient (Wildman–Crippen LogP) is 2.82. The Balaban J connectivity index is 1.48. The van der Waals surface area contributed by atoms with Gasteiger partial charge in [-0.2, -0.15) is 0 Å². The van der Waals surface area contributed by atoms with Crippen molar-refractivity contribution >= 4 is 22.6 Å². The molecule has 3 aromatic carbocycles. The lowest BCUT2D eigenvalue weighted by molar-refractivity contribution is 0.0706. The van der Waals surface area contributed by atoms with Crippen LogP contribution in [0.1, 0.15) is 31.8 Å². The van der Waals surface area contributed by atoms with Gasteiger partial charge >= 0.3 is 0 Å². The first-order valence-corrected chi connectivity index (χ1v) is 8.65. The average Bonchev–Trinajstić information content (AvgIpc) is 3.18. The number of amides is 2. The van der Waals surface area contributed by atoms with Crippen LogP contribution in [0.5, 0.6) is 5.75 Å². The molecule has 4 rings (SSSR count). The van der Waals surface area contributed by atoms with Gasteiger partial charge in [0.15, 0.2) is 0 Å². The molecule has 1 aliphatic rings. The highest BCUT2D eigenvalue weighted by molar-refractivity contribution is 6.01. The van der Waals surface area contributed by atoms with Gasteiger partial charge in [0.25, 0.3) is 11.8 Å². The quantitative estimate of drug-likeness (QED) is 0.492. The van der Waals surface area contributed by atoms with Crippen molar-refractivity contribution in [1.29, 1.82) is 0 Å². The minimum absolute atomic E-state index is 0.161. The molecule has 27 heavy (non-hydrogen) atoms. The second kappa shape index (κ2) is 7.09. The van der Waals surface area contributed by atoms with Crippen molar-refractivity contribution in [1.82, 2.24) is 10.8 Å². The maximum Gasteiger partial charge on any atom is 0.274 e. The van der Waals surface area contributed by atoms with Crippen LogP contribution in [0.4, 0.5) is 0 Å². The monoisotopic (exact) mass is 362 g/mol. The summed E-state index contributed by atoms with van der Waals surface area (Å²) < 4.78 is 5.49. The number of carbonyl (C=O) groups excluding carboxylic acids is 2. The topological polar surface area (TPSA) is 87.7 Å². The highest BCUT2D eigenvalue weighted by Crippen LogP contribution is 2.26. The molecule has 6 nitrogen and oxygen atoms in total. The molecule has 2 amide bonds.